The van der Waals surface area contributed by atoms with E-state index in [0.29, 0.717) is 5.92 Å². The van der Waals surface area contributed by atoms with Gasteiger partial charge in [-0.05, 0) is 24.0 Å². The van der Waals surface area contributed by atoms with Crippen molar-refractivity contribution in [2.45, 2.75) is 19.8 Å². The minimum absolute atomic E-state index is 0.311. The summed E-state index contributed by atoms with van der Waals surface area (Å²) >= 11 is 0. The number of rotatable bonds is 3. The van der Waals surface area contributed by atoms with Crippen LogP contribution in [0.3, 0.4) is 0 Å². The fourth-order valence-electron chi connectivity index (χ4n) is 1.29. The summed E-state index contributed by atoms with van der Waals surface area (Å²) in [5.74, 6) is 0.311. The second-order valence-electron chi connectivity index (χ2n) is 3.23. The highest BCUT2D eigenvalue weighted by molar-refractivity contribution is 5.72. The Morgan fingerprint density at radius 2 is 1.92 bits per heavy atom. The van der Waals surface area contributed by atoms with Crippen LogP contribution in [0.1, 0.15) is 25.3 Å². The van der Waals surface area contributed by atoms with Gasteiger partial charge in [-0.25, -0.2) is 0 Å². The molecule has 13 heavy (non-hydrogen) atoms. The van der Waals surface area contributed by atoms with Crippen LogP contribution < -0.4 is 0 Å². The Labute approximate surface area is 79.1 Å². The topological polar surface area (TPSA) is 17.1 Å². The summed E-state index contributed by atoms with van der Waals surface area (Å²) in [4.78, 5) is 10.4. The molecular formula is C12H14O. The Kier molecular flexibility index (Phi) is 3.44. The van der Waals surface area contributed by atoms with Gasteiger partial charge in [-0.3, -0.25) is 4.79 Å². The van der Waals surface area contributed by atoms with Crippen molar-refractivity contribution in [1.29, 1.82) is 0 Å². The molecule has 1 atom stereocenters. The molecule has 0 radical (unpaired) electrons. The Bertz CT molecular complexity index is 298. The first-order chi connectivity index (χ1) is 6.24. The van der Waals surface area contributed by atoms with Crippen LogP contribution in [0.15, 0.2) is 42.0 Å². The van der Waals surface area contributed by atoms with E-state index < -0.39 is 0 Å². The van der Waals surface area contributed by atoms with Crippen LogP contribution in [0.2, 0.25) is 0 Å². The number of benzene rings is 1. The van der Waals surface area contributed by atoms with E-state index in [-0.39, 0.29) is 0 Å². The maximum absolute atomic E-state index is 10.4. The van der Waals surface area contributed by atoms with E-state index in [9.17, 15) is 4.79 Å². The SMILES string of the molecule is C/C(C=O)=C\C(C)c1ccccc1. The first kappa shape index (κ1) is 9.72. The van der Waals surface area contributed by atoms with E-state index in [1.807, 2.05) is 31.2 Å². The second kappa shape index (κ2) is 4.61. The number of carbonyl (C=O) groups excluding carboxylic acids is 1. The van der Waals surface area contributed by atoms with Gasteiger partial charge >= 0.3 is 0 Å². The van der Waals surface area contributed by atoms with Crippen LogP contribution in [-0.2, 0) is 4.79 Å². The third-order valence-electron chi connectivity index (χ3n) is 2.02. The number of carbonyl (C=O) groups is 1. The summed E-state index contributed by atoms with van der Waals surface area (Å²) in [5, 5.41) is 0. The third-order valence-corrected chi connectivity index (χ3v) is 2.02. The lowest BCUT2D eigenvalue weighted by Crippen LogP contribution is -1.90. The zero-order valence-electron chi connectivity index (χ0n) is 8.03. The molecule has 1 heteroatoms. The molecule has 0 N–H and O–H groups in total. The van der Waals surface area contributed by atoms with E-state index in [1.54, 1.807) is 0 Å². The maximum Gasteiger partial charge on any atom is 0.145 e. The lowest BCUT2D eigenvalue weighted by atomic mass is 9.99. The largest absolute Gasteiger partial charge is 0.298 e. The van der Waals surface area contributed by atoms with Crippen LogP contribution in [0, 0.1) is 0 Å². The number of allylic oxidation sites excluding steroid dienone is 2. The quantitative estimate of drug-likeness (QED) is 0.508. The Morgan fingerprint density at radius 1 is 1.31 bits per heavy atom. The van der Waals surface area contributed by atoms with Gasteiger partial charge in [0, 0.05) is 0 Å². The third kappa shape index (κ3) is 2.86. The van der Waals surface area contributed by atoms with Gasteiger partial charge in [-0.15, -0.1) is 0 Å². The van der Waals surface area contributed by atoms with Crippen LogP contribution in [0.4, 0.5) is 0 Å². The lowest BCUT2D eigenvalue weighted by molar-refractivity contribution is -0.104. The molecule has 0 heterocycles. The lowest BCUT2D eigenvalue weighted by Gasteiger charge is -2.06. The van der Waals surface area contributed by atoms with Gasteiger partial charge in [-0.2, -0.15) is 0 Å². The van der Waals surface area contributed by atoms with Crippen molar-refractivity contribution >= 4 is 6.29 Å². The Balaban J connectivity index is 2.80. The molecule has 1 rings (SSSR count). The molecule has 0 amide bonds. The van der Waals surface area contributed by atoms with E-state index >= 15 is 0 Å². The predicted octanol–water partition coefficient (Wildman–Crippen LogP) is 2.94. The van der Waals surface area contributed by atoms with Crippen LogP contribution in [0.25, 0.3) is 0 Å². The zero-order valence-corrected chi connectivity index (χ0v) is 8.03. The average Bonchev–Trinajstić information content (AvgIpc) is 2.19. The van der Waals surface area contributed by atoms with Gasteiger partial charge in [0.25, 0.3) is 0 Å². The van der Waals surface area contributed by atoms with Gasteiger partial charge in [0.05, 0.1) is 0 Å². The molecule has 0 spiro atoms. The number of hydrogen-bond acceptors (Lipinski definition) is 1. The molecule has 0 aliphatic carbocycles. The maximum atomic E-state index is 10.4. The van der Waals surface area contributed by atoms with Crippen LogP contribution >= 0.6 is 0 Å². The molecule has 1 unspecified atom stereocenters. The van der Waals surface area contributed by atoms with Crippen molar-refractivity contribution in [2.75, 3.05) is 0 Å². The molecule has 1 aromatic carbocycles. The van der Waals surface area contributed by atoms with Gasteiger partial charge < -0.3 is 0 Å². The summed E-state index contributed by atoms with van der Waals surface area (Å²) in [5.41, 5.74) is 2.03. The highest BCUT2D eigenvalue weighted by Crippen LogP contribution is 2.16. The predicted molar refractivity (Wildman–Crippen MR) is 54.7 cm³/mol. The molecule has 0 aliphatic rings. The first-order valence-electron chi connectivity index (χ1n) is 4.42. The summed E-state index contributed by atoms with van der Waals surface area (Å²) in [6.07, 6.45) is 2.86. The van der Waals surface area contributed by atoms with Gasteiger partial charge in [0.1, 0.15) is 6.29 Å². The van der Waals surface area contributed by atoms with Crippen LogP contribution in [0.5, 0.6) is 0 Å². The smallest absolute Gasteiger partial charge is 0.145 e. The van der Waals surface area contributed by atoms with Crippen molar-refractivity contribution < 1.29 is 4.79 Å². The highest BCUT2D eigenvalue weighted by atomic mass is 16.1. The van der Waals surface area contributed by atoms with Crippen molar-refractivity contribution in [1.82, 2.24) is 0 Å². The van der Waals surface area contributed by atoms with Gasteiger partial charge in [-0.1, -0.05) is 43.3 Å². The number of hydrogen-bond donors (Lipinski definition) is 0. The van der Waals surface area contributed by atoms with Crippen LogP contribution in [-0.4, -0.2) is 6.29 Å². The van der Waals surface area contributed by atoms with Gasteiger partial charge in [0.2, 0.25) is 0 Å². The summed E-state index contributed by atoms with van der Waals surface area (Å²) in [6, 6.07) is 10.1. The Morgan fingerprint density at radius 3 is 2.46 bits per heavy atom. The van der Waals surface area contributed by atoms with E-state index in [1.165, 1.54) is 5.56 Å². The molecule has 0 aromatic heterocycles. The van der Waals surface area contributed by atoms with E-state index in [0.717, 1.165) is 11.9 Å². The molecule has 68 valence electrons. The minimum atomic E-state index is 0.311. The summed E-state index contributed by atoms with van der Waals surface area (Å²) < 4.78 is 0. The molecule has 1 nitrogen and oxygen atoms in total. The van der Waals surface area contributed by atoms with Crippen molar-refractivity contribution in [3.8, 4) is 0 Å². The van der Waals surface area contributed by atoms with Crippen molar-refractivity contribution in [2.24, 2.45) is 0 Å². The zero-order chi connectivity index (χ0) is 9.68. The van der Waals surface area contributed by atoms with E-state index in [4.69, 9.17) is 0 Å². The second-order valence-corrected chi connectivity index (χ2v) is 3.23. The standard InChI is InChI=1S/C12H14O/c1-10(9-13)8-11(2)12-6-4-3-5-7-12/h3-9,11H,1-2H3/b10-8+. The molecule has 0 fully saturated rings. The monoisotopic (exact) mass is 174 g/mol. The molecule has 0 saturated heterocycles. The minimum Gasteiger partial charge on any atom is -0.298 e. The van der Waals surface area contributed by atoms with Gasteiger partial charge in [0.15, 0.2) is 0 Å². The first-order valence-corrected chi connectivity index (χ1v) is 4.42. The molecule has 0 bridgehead atoms. The summed E-state index contributed by atoms with van der Waals surface area (Å²) in [7, 11) is 0. The molecule has 0 saturated carbocycles. The average molecular weight is 174 g/mol. The highest BCUT2D eigenvalue weighted by Gasteiger charge is 2.00. The molecule has 0 aliphatic heterocycles. The normalized spacial score (nSPS) is 13.8. The Hall–Kier alpha value is -1.37. The van der Waals surface area contributed by atoms with E-state index in [2.05, 4.69) is 19.1 Å². The summed E-state index contributed by atoms with van der Waals surface area (Å²) in [6.45, 7) is 3.91. The fraction of sp³-hybridized carbons (Fsp3) is 0.250. The number of aldehydes is 1. The van der Waals surface area contributed by atoms with Crippen molar-refractivity contribution in [3.63, 3.8) is 0 Å². The molecular weight excluding hydrogens is 160 g/mol. The van der Waals surface area contributed by atoms with Crippen molar-refractivity contribution in [3.05, 3.63) is 47.5 Å². The molecule has 1 aromatic rings. The fourth-order valence-corrected chi connectivity index (χ4v) is 1.29.